The first-order valence-corrected chi connectivity index (χ1v) is 8.04. The molecule has 2 aromatic carbocycles. The predicted octanol–water partition coefficient (Wildman–Crippen LogP) is 2.50. The molecule has 0 saturated heterocycles. The number of aliphatic hydroxyl groups is 1. The Balaban J connectivity index is 2.21. The number of hydrogen-bond acceptors (Lipinski definition) is 4. The van der Waals surface area contributed by atoms with Crippen molar-refractivity contribution in [2.75, 3.05) is 18.6 Å². The summed E-state index contributed by atoms with van der Waals surface area (Å²) in [5, 5.41) is 11.3. The van der Waals surface area contributed by atoms with Crippen LogP contribution in [0.25, 0.3) is 6.08 Å². The number of ether oxygens (including phenoxy) is 1. The van der Waals surface area contributed by atoms with E-state index in [9.17, 15) is 14.7 Å². The number of rotatable bonds is 4. The van der Waals surface area contributed by atoms with Crippen molar-refractivity contribution in [3.05, 3.63) is 71.3 Å². The molecule has 25 heavy (non-hydrogen) atoms. The number of anilines is 1. The van der Waals surface area contributed by atoms with Crippen molar-refractivity contribution in [1.29, 1.82) is 0 Å². The highest BCUT2D eigenvalue weighted by Gasteiger charge is 2.53. The molecule has 2 aromatic rings. The second-order valence-corrected chi connectivity index (χ2v) is 5.78. The lowest BCUT2D eigenvalue weighted by molar-refractivity contribution is -0.145. The lowest BCUT2D eigenvalue weighted by atomic mass is 9.86. The summed E-state index contributed by atoms with van der Waals surface area (Å²) in [7, 11) is 1.57. The van der Waals surface area contributed by atoms with E-state index >= 15 is 0 Å². The van der Waals surface area contributed by atoms with Crippen molar-refractivity contribution in [1.82, 2.24) is 0 Å². The third kappa shape index (κ3) is 2.72. The molecule has 5 nitrogen and oxygen atoms in total. The minimum atomic E-state index is -2.08. The molecule has 0 fully saturated rings. The van der Waals surface area contributed by atoms with Crippen molar-refractivity contribution in [2.45, 2.75) is 12.5 Å². The zero-order valence-corrected chi connectivity index (χ0v) is 14.1. The molecule has 1 atom stereocenters. The number of carbonyl (C=O) groups is 2. The molecule has 1 heterocycles. The van der Waals surface area contributed by atoms with Gasteiger partial charge < -0.3 is 14.7 Å². The van der Waals surface area contributed by atoms with Gasteiger partial charge in [0.2, 0.25) is 5.60 Å². The van der Waals surface area contributed by atoms with Crippen LogP contribution in [0.2, 0.25) is 0 Å². The zero-order chi connectivity index (χ0) is 18.0. The van der Waals surface area contributed by atoms with Crippen LogP contribution in [0, 0.1) is 0 Å². The van der Waals surface area contributed by atoms with E-state index in [1.807, 2.05) is 18.2 Å². The lowest BCUT2D eigenvalue weighted by Gasteiger charge is -2.24. The van der Waals surface area contributed by atoms with Crippen LogP contribution < -0.4 is 4.90 Å². The number of fused-ring (bicyclic) bond motifs is 1. The number of amides is 1. The lowest BCUT2D eigenvalue weighted by Crippen LogP contribution is -2.42. The number of para-hydroxylation sites is 1. The summed E-state index contributed by atoms with van der Waals surface area (Å²) in [6.45, 7) is 1.82. The molecule has 3 rings (SSSR count). The highest BCUT2D eigenvalue weighted by Crippen LogP contribution is 2.44. The van der Waals surface area contributed by atoms with E-state index < -0.39 is 17.5 Å². The Hall–Kier alpha value is -2.92. The molecule has 0 saturated carbocycles. The molecule has 1 unspecified atom stereocenters. The van der Waals surface area contributed by atoms with E-state index in [4.69, 9.17) is 4.74 Å². The second kappa shape index (κ2) is 6.53. The van der Waals surface area contributed by atoms with Crippen LogP contribution in [0.5, 0.6) is 0 Å². The van der Waals surface area contributed by atoms with Crippen molar-refractivity contribution in [2.24, 2.45) is 0 Å². The van der Waals surface area contributed by atoms with Crippen LogP contribution in [0.3, 0.4) is 0 Å². The second-order valence-electron chi connectivity index (χ2n) is 5.78. The average Bonchev–Trinajstić information content (AvgIpc) is 2.83. The molecule has 1 aliphatic heterocycles. The minimum Gasteiger partial charge on any atom is -0.463 e. The van der Waals surface area contributed by atoms with E-state index in [0.29, 0.717) is 16.8 Å². The van der Waals surface area contributed by atoms with Gasteiger partial charge in [0.25, 0.3) is 5.91 Å². The standard InChI is InChI=1S/C20H19NO4/c1-3-25-18(22)16(13-14-9-5-4-6-10-14)20(24)15-11-7-8-12-17(15)21(2)19(20)23/h4-13,24H,3H2,1-2H3/b16-13+. The van der Waals surface area contributed by atoms with Gasteiger partial charge in [-0.15, -0.1) is 0 Å². The Morgan fingerprint density at radius 2 is 1.80 bits per heavy atom. The first kappa shape index (κ1) is 16.9. The summed E-state index contributed by atoms with van der Waals surface area (Å²) < 4.78 is 5.11. The van der Waals surface area contributed by atoms with Crippen LogP contribution in [-0.4, -0.2) is 30.6 Å². The molecular weight excluding hydrogens is 318 g/mol. The van der Waals surface area contributed by atoms with E-state index in [1.54, 1.807) is 50.4 Å². The Morgan fingerprint density at radius 1 is 1.16 bits per heavy atom. The van der Waals surface area contributed by atoms with Crippen molar-refractivity contribution >= 4 is 23.6 Å². The number of nitrogens with zero attached hydrogens (tertiary/aromatic N) is 1. The number of carbonyl (C=O) groups excluding carboxylic acids is 2. The van der Waals surface area contributed by atoms with Gasteiger partial charge in [0.05, 0.1) is 17.9 Å². The van der Waals surface area contributed by atoms with Crippen molar-refractivity contribution in [3.8, 4) is 0 Å². The summed E-state index contributed by atoms with van der Waals surface area (Å²) in [6, 6.07) is 15.9. The van der Waals surface area contributed by atoms with E-state index in [1.165, 1.54) is 11.0 Å². The van der Waals surface area contributed by atoms with E-state index in [0.717, 1.165) is 0 Å². The monoisotopic (exact) mass is 337 g/mol. The predicted molar refractivity (Wildman–Crippen MR) is 94.8 cm³/mol. The van der Waals surface area contributed by atoms with Crippen molar-refractivity contribution < 1.29 is 19.4 Å². The van der Waals surface area contributed by atoms with Gasteiger partial charge in [-0.3, -0.25) is 4.79 Å². The molecular formula is C20H19NO4. The fraction of sp³-hybridized carbons (Fsp3) is 0.200. The normalized spacial score (nSPS) is 19.7. The Bertz CT molecular complexity index is 844. The fourth-order valence-electron chi connectivity index (χ4n) is 3.04. The van der Waals surface area contributed by atoms with Crippen LogP contribution in [0.4, 0.5) is 5.69 Å². The molecule has 0 aromatic heterocycles. The van der Waals surface area contributed by atoms with Crippen LogP contribution in [0.15, 0.2) is 60.2 Å². The molecule has 1 N–H and O–H groups in total. The smallest absolute Gasteiger partial charge is 0.337 e. The molecule has 1 aliphatic rings. The summed E-state index contributed by atoms with van der Waals surface area (Å²) in [5.74, 6) is -1.30. The third-order valence-electron chi connectivity index (χ3n) is 4.27. The van der Waals surface area contributed by atoms with Gasteiger partial charge in [0.15, 0.2) is 0 Å². The van der Waals surface area contributed by atoms with Crippen molar-refractivity contribution in [3.63, 3.8) is 0 Å². The molecule has 128 valence electrons. The van der Waals surface area contributed by atoms with Crippen LogP contribution >= 0.6 is 0 Å². The molecule has 0 bridgehead atoms. The highest BCUT2D eigenvalue weighted by molar-refractivity contribution is 6.15. The summed E-state index contributed by atoms with van der Waals surface area (Å²) in [5.41, 5.74) is -0.537. The highest BCUT2D eigenvalue weighted by atomic mass is 16.5. The number of likely N-dealkylation sites (N-methyl/N-ethyl adjacent to an activating group) is 1. The first-order chi connectivity index (χ1) is 12.0. The van der Waals surface area contributed by atoms with Crippen LogP contribution in [-0.2, 0) is 19.9 Å². The van der Waals surface area contributed by atoms with Gasteiger partial charge >= 0.3 is 5.97 Å². The minimum absolute atomic E-state index is 0.0950. The largest absolute Gasteiger partial charge is 0.463 e. The molecule has 1 amide bonds. The number of esters is 1. The zero-order valence-electron chi connectivity index (χ0n) is 14.1. The van der Waals surface area contributed by atoms with Gasteiger partial charge in [-0.1, -0.05) is 48.5 Å². The Kier molecular flexibility index (Phi) is 4.42. The van der Waals surface area contributed by atoms with Gasteiger partial charge in [-0.05, 0) is 24.6 Å². The van der Waals surface area contributed by atoms with Gasteiger partial charge in [0.1, 0.15) is 0 Å². The van der Waals surface area contributed by atoms with Gasteiger partial charge in [0, 0.05) is 12.6 Å². The molecule has 5 heteroatoms. The Labute approximate surface area is 146 Å². The van der Waals surface area contributed by atoms with E-state index in [-0.39, 0.29) is 12.2 Å². The molecule has 0 radical (unpaired) electrons. The number of hydrogen-bond donors (Lipinski definition) is 1. The summed E-state index contributed by atoms with van der Waals surface area (Å²) in [4.78, 5) is 26.8. The van der Waals surface area contributed by atoms with Crippen LogP contribution in [0.1, 0.15) is 18.1 Å². The SMILES string of the molecule is CCOC(=O)/C(=C\c1ccccc1)C1(O)C(=O)N(C)c2ccccc21. The summed E-state index contributed by atoms with van der Waals surface area (Å²) >= 11 is 0. The summed E-state index contributed by atoms with van der Waals surface area (Å²) in [6.07, 6.45) is 1.51. The van der Waals surface area contributed by atoms with Gasteiger partial charge in [-0.2, -0.15) is 0 Å². The maximum atomic E-state index is 12.9. The topological polar surface area (TPSA) is 66.8 Å². The number of benzene rings is 2. The third-order valence-corrected chi connectivity index (χ3v) is 4.27. The maximum Gasteiger partial charge on any atom is 0.337 e. The fourth-order valence-corrected chi connectivity index (χ4v) is 3.04. The first-order valence-electron chi connectivity index (χ1n) is 8.04. The molecule has 0 aliphatic carbocycles. The maximum absolute atomic E-state index is 12.9. The quantitative estimate of drug-likeness (QED) is 0.688. The van der Waals surface area contributed by atoms with E-state index in [2.05, 4.69) is 0 Å². The Morgan fingerprint density at radius 3 is 2.48 bits per heavy atom. The average molecular weight is 337 g/mol. The van der Waals surface area contributed by atoms with Gasteiger partial charge in [-0.25, -0.2) is 4.79 Å². The molecule has 0 spiro atoms.